The Hall–Kier alpha value is -0.570. The van der Waals surface area contributed by atoms with E-state index in [9.17, 15) is 0 Å². The van der Waals surface area contributed by atoms with Crippen LogP contribution in [0.25, 0.3) is 0 Å². The van der Waals surface area contributed by atoms with Crippen molar-refractivity contribution in [3.8, 4) is 0 Å². The van der Waals surface area contributed by atoms with Crippen LogP contribution in [0.3, 0.4) is 0 Å². The third-order valence-electron chi connectivity index (χ3n) is 3.39. The number of aryl methyl sites for hydroxylation is 1. The van der Waals surface area contributed by atoms with Crippen LogP contribution in [-0.4, -0.2) is 11.0 Å². The van der Waals surface area contributed by atoms with Crippen molar-refractivity contribution in [2.24, 2.45) is 5.41 Å². The molecule has 1 atom stereocenters. The third-order valence-corrected chi connectivity index (χ3v) is 4.39. The van der Waals surface area contributed by atoms with Crippen molar-refractivity contribution in [1.29, 1.82) is 0 Å². The van der Waals surface area contributed by atoms with Gasteiger partial charge in [0.1, 0.15) is 5.82 Å². The fraction of sp³-hybridized carbons (Fsp3) is 0.615. The van der Waals surface area contributed by atoms with Crippen LogP contribution in [0.1, 0.15) is 38.7 Å². The molecule has 0 spiro atoms. The number of anilines is 1. The number of rotatable bonds is 2. The van der Waals surface area contributed by atoms with Crippen LogP contribution in [0, 0.1) is 12.3 Å². The molecule has 2 nitrogen and oxygen atoms in total. The fourth-order valence-corrected chi connectivity index (χ4v) is 2.74. The lowest BCUT2D eigenvalue weighted by Gasteiger charge is -2.19. The molecular formula is C13H19BrN2. The van der Waals surface area contributed by atoms with Crippen LogP contribution in [0.5, 0.6) is 0 Å². The molecule has 88 valence electrons. The minimum atomic E-state index is 0.480. The fourth-order valence-electron chi connectivity index (χ4n) is 2.39. The van der Waals surface area contributed by atoms with E-state index in [-0.39, 0.29) is 0 Å². The number of nitrogens with one attached hydrogen (secondary N) is 1. The monoisotopic (exact) mass is 282 g/mol. The molecule has 0 bridgehead atoms. The lowest BCUT2D eigenvalue weighted by molar-refractivity contribution is 0.378. The van der Waals surface area contributed by atoms with Gasteiger partial charge in [-0.25, -0.2) is 4.98 Å². The van der Waals surface area contributed by atoms with E-state index < -0.39 is 0 Å². The average molecular weight is 283 g/mol. The molecule has 1 N–H and O–H groups in total. The minimum absolute atomic E-state index is 0.480. The van der Waals surface area contributed by atoms with Gasteiger partial charge in [0.05, 0.1) is 4.47 Å². The lowest BCUT2D eigenvalue weighted by Crippen LogP contribution is -2.18. The number of hydrogen-bond donors (Lipinski definition) is 1. The molecule has 16 heavy (non-hydrogen) atoms. The smallest absolute Gasteiger partial charge is 0.140 e. The predicted molar refractivity (Wildman–Crippen MR) is 71.7 cm³/mol. The zero-order valence-corrected chi connectivity index (χ0v) is 11.8. The highest BCUT2D eigenvalue weighted by Crippen LogP contribution is 2.38. The van der Waals surface area contributed by atoms with Crippen molar-refractivity contribution in [3.05, 3.63) is 22.3 Å². The van der Waals surface area contributed by atoms with Crippen LogP contribution >= 0.6 is 15.9 Å². The predicted octanol–water partition coefficient (Wildman–Crippen LogP) is 4.14. The average Bonchev–Trinajstić information content (AvgIpc) is 2.53. The number of aromatic nitrogens is 1. The number of pyridine rings is 1. The van der Waals surface area contributed by atoms with E-state index in [0.29, 0.717) is 11.5 Å². The Bertz CT molecular complexity index is 388. The lowest BCUT2D eigenvalue weighted by atomic mass is 9.92. The third kappa shape index (κ3) is 2.57. The molecule has 1 saturated carbocycles. The van der Waals surface area contributed by atoms with Crippen LogP contribution in [0.15, 0.2) is 16.7 Å². The highest BCUT2D eigenvalue weighted by Gasteiger charge is 2.31. The summed E-state index contributed by atoms with van der Waals surface area (Å²) in [7, 11) is 0. The molecule has 1 heterocycles. The number of nitrogens with zero attached hydrogens (tertiary/aromatic N) is 1. The summed E-state index contributed by atoms with van der Waals surface area (Å²) in [5, 5.41) is 3.55. The van der Waals surface area contributed by atoms with Crippen molar-refractivity contribution in [3.63, 3.8) is 0 Å². The maximum atomic E-state index is 4.39. The van der Waals surface area contributed by atoms with Crippen LogP contribution in [-0.2, 0) is 0 Å². The normalized spacial score (nSPS) is 23.4. The minimum Gasteiger partial charge on any atom is -0.366 e. The van der Waals surface area contributed by atoms with E-state index in [4.69, 9.17) is 0 Å². The van der Waals surface area contributed by atoms with Crippen molar-refractivity contribution >= 4 is 21.7 Å². The van der Waals surface area contributed by atoms with Crippen LogP contribution < -0.4 is 5.32 Å². The van der Waals surface area contributed by atoms with Crippen molar-refractivity contribution in [1.82, 2.24) is 4.98 Å². The summed E-state index contributed by atoms with van der Waals surface area (Å²) in [4.78, 5) is 4.39. The zero-order valence-electron chi connectivity index (χ0n) is 10.2. The molecule has 0 amide bonds. The molecule has 1 unspecified atom stereocenters. The maximum Gasteiger partial charge on any atom is 0.140 e. The van der Waals surface area contributed by atoms with Crippen LogP contribution in [0.2, 0.25) is 0 Å². The van der Waals surface area contributed by atoms with Gasteiger partial charge < -0.3 is 5.32 Å². The summed E-state index contributed by atoms with van der Waals surface area (Å²) in [6.07, 6.45) is 5.64. The Balaban J connectivity index is 2.08. The first-order valence-electron chi connectivity index (χ1n) is 5.86. The van der Waals surface area contributed by atoms with Gasteiger partial charge in [-0.05, 0) is 59.2 Å². The Kier molecular flexibility index (Phi) is 3.24. The molecule has 0 saturated heterocycles. The SMILES string of the molecule is Cc1ccnc(NC2CCC(C)(C)C2)c1Br. The first-order valence-corrected chi connectivity index (χ1v) is 6.65. The largest absolute Gasteiger partial charge is 0.366 e. The van der Waals surface area contributed by atoms with Gasteiger partial charge in [-0.2, -0.15) is 0 Å². The second-order valence-electron chi connectivity index (χ2n) is 5.54. The van der Waals surface area contributed by atoms with Gasteiger partial charge in [0.25, 0.3) is 0 Å². The van der Waals surface area contributed by atoms with Gasteiger partial charge in [0, 0.05) is 12.2 Å². The van der Waals surface area contributed by atoms with Gasteiger partial charge in [-0.15, -0.1) is 0 Å². The molecule has 3 heteroatoms. The molecule has 0 aromatic carbocycles. The molecule has 1 aromatic heterocycles. The second kappa shape index (κ2) is 4.36. The van der Waals surface area contributed by atoms with Crippen LogP contribution in [0.4, 0.5) is 5.82 Å². The van der Waals surface area contributed by atoms with Gasteiger partial charge in [-0.1, -0.05) is 13.8 Å². The molecule has 2 rings (SSSR count). The molecule has 1 aliphatic carbocycles. The molecule has 0 aliphatic heterocycles. The van der Waals surface area contributed by atoms with Gasteiger partial charge in [0.2, 0.25) is 0 Å². The highest BCUT2D eigenvalue weighted by molar-refractivity contribution is 9.10. The standard InChI is InChI=1S/C13H19BrN2/c1-9-5-7-15-12(11(9)14)16-10-4-6-13(2,3)8-10/h5,7,10H,4,6,8H2,1-3H3,(H,15,16). The van der Waals surface area contributed by atoms with Gasteiger partial charge in [0.15, 0.2) is 0 Å². The summed E-state index contributed by atoms with van der Waals surface area (Å²) in [5.41, 5.74) is 1.71. The summed E-state index contributed by atoms with van der Waals surface area (Å²) in [6, 6.07) is 2.59. The van der Waals surface area contributed by atoms with Gasteiger partial charge >= 0.3 is 0 Å². The van der Waals surface area contributed by atoms with E-state index in [1.807, 2.05) is 12.3 Å². The first kappa shape index (κ1) is 11.9. The van der Waals surface area contributed by atoms with Crippen molar-refractivity contribution in [2.45, 2.75) is 46.1 Å². The summed E-state index contributed by atoms with van der Waals surface area (Å²) < 4.78 is 1.10. The highest BCUT2D eigenvalue weighted by atomic mass is 79.9. The topological polar surface area (TPSA) is 24.9 Å². The van der Waals surface area contributed by atoms with E-state index in [2.05, 4.69) is 47.0 Å². The zero-order chi connectivity index (χ0) is 11.8. The molecule has 1 aromatic rings. The Labute approximate surface area is 106 Å². The summed E-state index contributed by atoms with van der Waals surface area (Å²) in [6.45, 7) is 6.77. The molecule has 1 aliphatic rings. The Morgan fingerprint density at radius 2 is 2.25 bits per heavy atom. The Morgan fingerprint density at radius 1 is 1.50 bits per heavy atom. The van der Waals surface area contributed by atoms with E-state index >= 15 is 0 Å². The van der Waals surface area contributed by atoms with E-state index in [1.54, 1.807) is 0 Å². The first-order chi connectivity index (χ1) is 7.48. The molecule has 0 radical (unpaired) electrons. The van der Waals surface area contributed by atoms with Crippen molar-refractivity contribution < 1.29 is 0 Å². The number of halogens is 1. The number of hydrogen-bond acceptors (Lipinski definition) is 2. The maximum absolute atomic E-state index is 4.39. The second-order valence-corrected chi connectivity index (χ2v) is 6.33. The quantitative estimate of drug-likeness (QED) is 0.882. The van der Waals surface area contributed by atoms with E-state index in [1.165, 1.54) is 24.8 Å². The summed E-state index contributed by atoms with van der Waals surface area (Å²) >= 11 is 3.59. The van der Waals surface area contributed by atoms with Gasteiger partial charge in [-0.3, -0.25) is 0 Å². The molecular weight excluding hydrogens is 264 g/mol. The summed E-state index contributed by atoms with van der Waals surface area (Å²) in [5.74, 6) is 0.989. The Morgan fingerprint density at radius 3 is 2.88 bits per heavy atom. The van der Waals surface area contributed by atoms with E-state index in [0.717, 1.165) is 10.3 Å². The van der Waals surface area contributed by atoms with Crippen molar-refractivity contribution in [2.75, 3.05) is 5.32 Å². The molecule has 1 fully saturated rings.